The minimum atomic E-state index is 0.483. The Morgan fingerprint density at radius 2 is 1.81 bits per heavy atom. The van der Waals surface area contributed by atoms with E-state index in [-0.39, 0.29) is 0 Å². The highest BCUT2D eigenvalue weighted by Gasteiger charge is 2.09. The van der Waals surface area contributed by atoms with Gasteiger partial charge >= 0.3 is 0 Å². The van der Waals surface area contributed by atoms with Crippen molar-refractivity contribution in [2.45, 2.75) is 6.54 Å². The average Bonchev–Trinajstić information content (AvgIpc) is 2.68. The van der Waals surface area contributed by atoms with E-state index in [0.717, 1.165) is 30.1 Å². The molecule has 3 aromatic rings. The molecule has 2 aromatic carbocycles. The van der Waals surface area contributed by atoms with Gasteiger partial charge < -0.3 is 15.2 Å². The van der Waals surface area contributed by atoms with Crippen LogP contribution in [0, 0.1) is 0 Å². The highest BCUT2D eigenvalue weighted by molar-refractivity contribution is 5.69. The van der Waals surface area contributed by atoms with E-state index in [4.69, 9.17) is 15.2 Å². The highest BCUT2D eigenvalue weighted by Crippen LogP contribution is 2.32. The lowest BCUT2D eigenvalue weighted by Gasteiger charge is -2.17. The van der Waals surface area contributed by atoms with Gasteiger partial charge in [0.15, 0.2) is 0 Å². The van der Waals surface area contributed by atoms with Crippen molar-refractivity contribution in [1.29, 1.82) is 0 Å². The number of hydrogen-bond acceptors (Lipinski definition) is 5. The molecule has 0 atom stereocenters. The fourth-order valence-corrected chi connectivity index (χ4v) is 2.87. The van der Waals surface area contributed by atoms with Gasteiger partial charge in [-0.05, 0) is 36.9 Å². The van der Waals surface area contributed by atoms with Crippen LogP contribution in [0.3, 0.4) is 0 Å². The van der Waals surface area contributed by atoms with Gasteiger partial charge in [0.1, 0.15) is 23.9 Å². The molecule has 5 nitrogen and oxygen atoms in total. The van der Waals surface area contributed by atoms with Gasteiger partial charge in [0.05, 0.1) is 12.8 Å². The Bertz CT molecular complexity index is 868. The second-order valence-electron chi connectivity index (χ2n) is 6.38. The van der Waals surface area contributed by atoms with E-state index < -0.39 is 0 Å². The van der Waals surface area contributed by atoms with Crippen molar-refractivity contribution in [1.82, 2.24) is 9.88 Å². The number of aromatic nitrogens is 1. The SMILES string of the molecule is COc1cc(OCCN(C)Cc2ccccc2)ccc1-c1cccc(N)n1. The van der Waals surface area contributed by atoms with Crippen molar-refractivity contribution in [3.63, 3.8) is 0 Å². The molecule has 0 aliphatic carbocycles. The summed E-state index contributed by atoms with van der Waals surface area (Å²) in [7, 11) is 3.73. The summed E-state index contributed by atoms with van der Waals surface area (Å²) in [5.41, 5.74) is 8.74. The molecule has 1 aromatic heterocycles. The highest BCUT2D eigenvalue weighted by atomic mass is 16.5. The first-order valence-electron chi connectivity index (χ1n) is 8.92. The number of nitrogens with two attached hydrogens (primary N) is 1. The summed E-state index contributed by atoms with van der Waals surface area (Å²) < 4.78 is 11.4. The zero-order valence-corrected chi connectivity index (χ0v) is 15.8. The molecule has 27 heavy (non-hydrogen) atoms. The predicted octanol–water partition coefficient (Wildman–Crippen LogP) is 3.85. The topological polar surface area (TPSA) is 60.6 Å². The summed E-state index contributed by atoms with van der Waals surface area (Å²) in [6.45, 7) is 2.33. The van der Waals surface area contributed by atoms with Crippen molar-refractivity contribution in [3.05, 3.63) is 72.3 Å². The molecule has 0 fully saturated rings. The number of ether oxygens (including phenoxy) is 2. The molecule has 0 saturated carbocycles. The van der Waals surface area contributed by atoms with E-state index >= 15 is 0 Å². The maximum atomic E-state index is 5.90. The third kappa shape index (κ3) is 5.21. The standard InChI is InChI=1S/C22H25N3O2/c1-25(16-17-7-4-3-5-8-17)13-14-27-18-11-12-19(21(15-18)26-2)20-9-6-10-22(23)24-20/h3-12,15H,13-14,16H2,1-2H3,(H2,23,24). The lowest BCUT2D eigenvalue weighted by molar-refractivity contribution is 0.232. The number of nitrogen functional groups attached to an aromatic ring is 1. The summed E-state index contributed by atoms with van der Waals surface area (Å²) >= 11 is 0. The van der Waals surface area contributed by atoms with Crippen molar-refractivity contribution in [2.75, 3.05) is 33.0 Å². The minimum Gasteiger partial charge on any atom is -0.496 e. The van der Waals surface area contributed by atoms with Crippen LogP contribution in [0.5, 0.6) is 11.5 Å². The number of nitrogens with zero attached hydrogens (tertiary/aromatic N) is 2. The number of likely N-dealkylation sites (N-methyl/N-ethyl adjacent to an activating group) is 1. The fourth-order valence-electron chi connectivity index (χ4n) is 2.87. The summed E-state index contributed by atoms with van der Waals surface area (Å²) in [5, 5.41) is 0. The monoisotopic (exact) mass is 363 g/mol. The van der Waals surface area contributed by atoms with E-state index in [1.807, 2.05) is 36.4 Å². The van der Waals surface area contributed by atoms with Gasteiger partial charge in [-0.25, -0.2) is 4.98 Å². The minimum absolute atomic E-state index is 0.483. The Labute approximate surface area is 160 Å². The Morgan fingerprint density at radius 3 is 2.56 bits per heavy atom. The molecule has 140 valence electrons. The molecule has 5 heteroatoms. The second kappa shape index (κ2) is 9.05. The molecular weight excluding hydrogens is 338 g/mol. The molecule has 2 N–H and O–H groups in total. The van der Waals surface area contributed by atoms with Crippen LogP contribution in [0.25, 0.3) is 11.3 Å². The summed E-state index contributed by atoms with van der Waals surface area (Å²) in [4.78, 5) is 6.59. The molecule has 1 heterocycles. The first-order chi connectivity index (χ1) is 13.2. The smallest absolute Gasteiger partial charge is 0.131 e. The number of methoxy groups -OCH3 is 1. The molecule has 0 amide bonds. The van der Waals surface area contributed by atoms with Gasteiger partial charge in [-0.15, -0.1) is 0 Å². The lowest BCUT2D eigenvalue weighted by atomic mass is 10.1. The molecule has 0 unspecified atom stereocenters. The maximum Gasteiger partial charge on any atom is 0.131 e. The van der Waals surface area contributed by atoms with Crippen LogP contribution in [0.2, 0.25) is 0 Å². The van der Waals surface area contributed by atoms with Crippen molar-refractivity contribution >= 4 is 5.82 Å². The molecule has 0 bridgehead atoms. The van der Waals surface area contributed by atoms with E-state index in [0.29, 0.717) is 18.2 Å². The van der Waals surface area contributed by atoms with Crippen LogP contribution in [0.4, 0.5) is 5.82 Å². The third-order valence-electron chi connectivity index (χ3n) is 4.26. The molecule has 0 aliphatic rings. The molecule has 0 aliphatic heterocycles. The number of anilines is 1. The Hall–Kier alpha value is -3.05. The van der Waals surface area contributed by atoms with Gasteiger partial charge in [0.25, 0.3) is 0 Å². The third-order valence-corrected chi connectivity index (χ3v) is 4.26. The molecular formula is C22H25N3O2. The second-order valence-corrected chi connectivity index (χ2v) is 6.38. The van der Waals surface area contributed by atoms with Crippen molar-refractivity contribution < 1.29 is 9.47 Å². The predicted molar refractivity (Wildman–Crippen MR) is 109 cm³/mol. The molecule has 0 radical (unpaired) electrons. The van der Waals surface area contributed by atoms with E-state index in [2.05, 4.69) is 41.2 Å². The largest absolute Gasteiger partial charge is 0.496 e. The first-order valence-corrected chi connectivity index (χ1v) is 8.92. The Balaban J connectivity index is 1.59. The zero-order valence-electron chi connectivity index (χ0n) is 15.8. The Kier molecular flexibility index (Phi) is 6.28. The molecule has 0 saturated heterocycles. The maximum absolute atomic E-state index is 5.90. The number of rotatable bonds is 8. The molecule has 3 rings (SSSR count). The van der Waals surface area contributed by atoms with E-state index in [1.54, 1.807) is 13.2 Å². The summed E-state index contributed by atoms with van der Waals surface area (Å²) in [6, 6.07) is 21.7. The summed E-state index contributed by atoms with van der Waals surface area (Å²) in [6.07, 6.45) is 0. The van der Waals surface area contributed by atoms with Gasteiger partial charge in [-0.3, -0.25) is 4.90 Å². The van der Waals surface area contributed by atoms with Gasteiger partial charge in [-0.1, -0.05) is 36.4 Å². The van der Waals surface area contributed by atoms with Gasteiger partial charge in [-0.2, -0.15) is 0 Å². The summed E-state index contributed by atoms with van der Waals surface area (Å²) in [5.74, 6) is 1.96. The number of hydrogen-bond donors (Lipinski definition) is 1. The molecule has 0 spiro atoms. The van der Waals surface area contributed by atoms with Crippen LogP contribution in [0.1, 0.15) is 5.56 Å². The average molecular weight is 363 g/mol. The van der Waals surface area contributed by atoms with Crippen LogP contribution in [-0.2, 0) is 6.54 Å². The normalized spacial score (nSPS) is 10.8. The van der Waals surface area contributed by atoms with Crippen LogP contribution >= 0.6 is 0 Å². The zero-order chi connectivity index (χ0) is 19.1. The van der Waals surface area contributed by atoms with Crippen molar-refractivity contribution in [3.8, 4) is 22.8 Å². The number of benzene rings is 2. The van der Waals surface area contributed by atoms with E-state index in [9.17, 15) is 0 Å². The first kappa shape index (κ1) is 18.7. The quantitative estimate of drug-likeness (QED) is 0.659. The van der Waals surface area contributed by atoms with Crippen LogP contribution in [-0.4, -0.2) is 37.2 Å². The Morgan fingerprint density at radius 1 is 1.00 bits per heavy atom. The lowest BCUT2D eigenvalue weighted by Crippen LogP contribution is -2.23. The van der Waals surface area contributed by atoms with Crippen LogP contribution < -0.4 is 15.2 Å². The fraction of sp³-hybridized carbons (Fsp3) is 0.227. The van der Waals surface area contributed by atoms with Gasteiger partial charge in [0.2, 0.25) is 0 Å². The van der Waals surface area contributed by atoms with Crippen LogP contribution in [0.15, 0.2) is 66.7 Å². The van der Waals surface area contributed by atoms with Gasteiger partial charge in [0, 0.05) is 24.7 Å². The number of pyridine rings is 1. The van der Waals surface area contributed by atoms with E-state index in [1.165, 1.54) is 5.56 Å². The van der Waals surface area contributed by atoms with Crippen molar-refractivity contribution in [2.24, 2.45) is 0 Å².